The van der Waals surface area contributed by atoms with Crippen LogP contribution in [0.5, 0.6) is 0 Å². The lowest BCUT2D eigenvalue weighted by Gasteiger charge is -2.27. The van der Waals surface area contributed by atoms with E-state index in [1.807, 2.05) is 0 Å². The minimum Gasteiger partial charge on any atom is -0.375 e. The van der Waals surface area contributed by atoms with Gasteiger partial charge in [-0.2, -0.15) is 0 Å². The molecule has 2 rings (SSSR count). The summed E-state index contributed by atoms with van der Waals surface area (Å²) in [6, 6.07) is 0. The molecule has 0 aromatic rings. The van der Waals surface area contributed by atoms with Crippen LogP contribution in [0.3, 0.4) is 0 Å². The molecule has 0 radical (unpaired) electrons. The maximum Gasteiger partial charge on any atom is 0.0619 e. The van der Waals surface area contributed by atoms with E-state index in [-0.39, 0.29) is 0 Å². The Kier molecular flexibility index (Phi) is 4.45. The van der Waals surface area contributed by atoms with Gasteiger partial charge in [0.05, 0.1) is 12.2 Å². The van der Waals surface area contributed by atoms with Crippen molar-refractivity contribution in [2.24, 2.45) is 11.7 Å². The van der Waals surface area contributed by atoms with E-state index in [4.69, 9.17) is 10.5 Å². The van der Waals surface area contributed by atoms with Gasteiger partial charge in [0.2, 0.25) is 0 Å². The largest absolute Gasteiger partial charge is 0.375 e. The van der Waals surface area contributed by atoms with Crippen LogP contribution < -0.4 is 5.73 Å². The standard InChI is InChI=1S/C13H25NO/c14-10-11-6-2-1-3-9-13(11)15-12-7-4-5-8-12/h11-13H,1-10,14H2. The van der Waals surface area contributed by atoms with Gasteiger partial charge in [-0.25, -0.2) is 0 Å². The SMILES string of the molecule is NCC1CCCCCC1OC1CCCC1. The van der Waals surface area contributed by atoms with Crippen molar-refractivity contribution in [1.29, 1.82) is 0 Å². The number of rotatable bonds is 3. The Morgan fingerprint density at radius 2 is 1.53 bits per heavy atom. The van der Waals surface area contributed by atoms with E-state index >= 15 is 0 Å². The van der Waals surface area contributed by atoms with Crippen molar-refractivity contribution in [3.63, 3.8) is 0 Å². The Morgan fingerprint density at radius 1 is 0.867 bits per heavy atom. The molecule has 2 unspecified atom stereocenters. The van der Waals surface area contributed by atoms with Gasteiger partial charge in [0.1, 0.15) is 0 Å². The molecule has 2 fully saturated rings. The molecule has 15 heavy (non-hydrogen) atoms. The Hall–Kier alpha value is -0.0800. The predicted molar refractivity (Wildman–Crippen MR) is 62.8 cm³/mol. The minimum absolute atomic E-state index is 0.473. The van der Waals surface area contributed by atoms with Crippen LogP contribution in [0.4, 0.5) is 0 Å². The molecule has 2 nitrogen and oxygen atoms in total. The van der Waals surface area contributed by atoms with Crippen molar-refractivity contribution in [2.75, 3.05) is 6.54 Å². The fourth-order valence-electron chi connectivity index (χ4n) is 3.07. The molecule has 0 saturated heterocycles. The lowest BCUT2D eigenvalue weighted by molar-refractivity contribution is -0.0406. The first kappa shape index (κ1) is 11.4. The highest BCUT2D eigenvalue weighted by Gasteiger charge is 2.27. The molecule has 2 N–H and O–H groups in total. The summed E-state index contributed by atoms with van der Waals surface area (Å²) < 4.78 is 6.26. The molecule has 2 aliphatic rings. The predicted octanol–water partition coefficient (Wildman–Crippen LogP) is 2.85. The summed E-state index contributed by atoms with van der Waals surface area (Å²) in [7, 11) is 0. The molecule has 0 amide bonds. The monoisotopic (exact) mass is 211 g/mol. The molecule has 2 heteroatoms. The molecule has 0 bridgehead atoms. The van der Waals surface area contributed by atoms with E-state index in [0.29, 0.717) is 18.1 Å². The van der Waals surface area contributed by atoms with E-state index in [2.05, 4.69) is 0 Å². The molecule has 2 atom stereocenters. The first-order valence-corrected chi connectivity index (χ1v) is 6.75. The van der Waals surface area contributed by atoms with Gasteiger partial charge in [0, 0.05) is 0 Å². The lowest BCUT2D eigenvalue weighted by Crippen LogP contribution is -2.32. The zero-order valence-electron chi connectivity index (χ0n) is 9.79. The van der Waals surface area contributed by atoms with Crippen molar-refractivity contribution in [3.8, 4) is 0 Å². The van der Waals surface area contributed by atoms with E-state index < -0.39 is 0 Å². The van der Waals surface area contributed by atoms with Gasteiger partial charge < -0.3 is 10.5 Å². The number of nitrogens with two attached hydrogens (primary N) is 1. The van der Waals surface area contributed by atoms with Crippen LogP contribution in [0.1, 0.15) is 57.8 Å². The van der Waals surface area contributed by atoms with Crippen molar-refractivity contribution in [1.82, 2.24) is 0 Å². The number of ether oxygens (including phenoxy) is 1. The highest BCUT2D eigenvalue weighted by Crippen LogP contribution is 2.30. The van der Waals surface area contributed by atoms with Crippen LogP contribution in [0.2, 0.25) is 0 Å². The van der Waals surface area contributed by atoms with E-state index in [1.165, 1.54) is 57.8 Å². The average Bonchev–Trinajstić information content (AvgIpc) is 2.64. The second-order valence-corrected chi connectivity index (χ2v) is 5.21. The number of hydrogen-bond acceptors (Lipinski definition) is 2. The molecule has 0 aliphatic heterocycles. The quantitative estimate of drug-likeness (QED) is 0.729. The third kappa shape index (κ3) is 3.18. The van der Waals surface area contributed by atoms with Gasteiger partial charge >= 0.3 is 0 Å². The molecule has 2 aliphatic carbocycles. The van der Waals surface area contributed by atoms with Crippen molar-refractivity contribution in [2.45, 2.75) is 70.0 Å². The van der Waals surface area contributed by atoms with Gasteiger partial charge in [0.25, 0.3) is 0 Å². The first-order chi connectivity index (χ1) is 7.40. The molecule has 88 valence electrons. The van der Waals surface area contributed by atoms with Crippen LogP contribution in [0, 0.1) is 5.92 Å². The fourth-order valence-corrected chi connectivity index (χ4v) is 3.07. The zero-order valence-corrected chi connectivity index (χ0v) is 9.79. The first-order valence-electron chi connectivity index (χ1n) is 6.75. The minimum atomic E-state index is 0.473. The van der Waals surface area contributed by atoms with Crippen molar-refractivity contribution < 1.29 is 4.74 Å². The Bertz CT molecular complexity index is 177. The summed E-state index contributed by atoms with van der Waals surface area (Å²) in [6.07, 6.45) is 12.9. The van der Waals surface area contributed by atoms with Gasteiger partial charge in [-0.05, 0) is 38.1 Å². The van der Waals surface area contributed by atoms with Gasteiger partial charge in [0.15, 0.2) is 0 Å². The van der Waals surface area contributed by atoms with Gasteiger partial charge in [-0.15, -0.1) is 0 Å². The summed E-state index contributed by atoms with van der Waals surface area (Å²) in [5, 5.41) is 0. The molecule has 0 aromatic carbocycles. The maximum absolute atomic E-state index is 6.26. The number of hydrogen-bond donors (Lipinski definition) is 1. The second kappa shape index (κ2) is 5.86. The second-order valence-electron chi connectivity index (χ2n) is 5.21. The van der Waals surface area contributed by atoms with Crippen LogP contribution in [0.15, 0.2) is 0 Å². The Labute approximate surface area is 93.6 Å². The average molecular weight is 211 g/mol. The van der Waals surface area contributed by atoms with E-state index in [0.717, 1.165) is 6.54 Å². The summed E-state index contributed by atoms with van der Waals surface area (Å²) in [4.78, 5) is 0. The Morgan fingerprint density at radius 3 is 2.27 bits per heavy atom. The van der Waals surface area contributed by atoms with Crippen LogP contribution in [-0.4, -0.2) is 18.8 Å². The third-order valence-corrected chi connectivity index (χ3v) is 4.06. The van der Waals surface area contributed by atoms with Crippen LogP contribution in [-0.2, 0) is 4.74 Å². The molecule has 0 heterocycles. The Balaban J connectivity index is 1.85. The molecule has 2 saturated carbocycles. The lowest BCUT2D eigenvalue weighted by atomic mass is 9.97. The summed E-state index contributed by atoms with van der Waals surface area (Å²) in [5.74, 6) is 0.632. The topological polar surface area (TPSA) is 35.2 Å². The summed E-state index contributed by atoms with van der Waals surface area (Å²) in [5.41, 5.74) is 5.86. The molecular formula is C13H25NO. The van der Waals surface area contributed by atoms with E-state index in [9.17, 15) is 0 Å². The fraction of sp³-hybridized carbons (Fsp3) is 1.00. The third-order valence-electron chi connectivity index (χ3n) is 4.06. The summed E-state index contributed by atoms with van der Waals surface area (Å²) >= 11 is 0. The zero-order chi connectivity index (χ0) is 10.5. The van der Waals surface area contributed by atoms with Crippen LogP contribution >= 0.6 is 0 Å². The smallest absolute Gasteiger partial charge is 0.0619 e. The summed E-state index contributed by atoms with van der Waals surface area (Å²) in [6.45, 7) is 0.817. The van der Waals surface area contributed by atoms with Crippen molar-refractivity contribution >= 4 is 0 Å². The molecule has 0 spiro atoms. The van der Waals surface area contributed by atoms with Gasteiger partial charge in [-0.3, -0.25) is 0 Å². The molecule has 0 aromatic heterocycles. The highest BCUT2D eigenvalue weighted by molar-refractivity contribution is 4.78. The maximum atomic E-state index is 6.26. The van der Waals surface area contributed by atoms with E-state index in [1.54, 1.807) is 0 Å². The normalized spacial score (nSPS) is 34.2. The highest BCUT2D eigenvalue weighted by atomic mass is 16.5. The van der Waals surface area contributed by atoms with Gasteiger partial charge in [-0.1, -0.05) is 32.1 Å². The van der Waals surface area contributed by atoms with Crippen LogP contribution in [0.25, 0.3) is 0 Å². The molecular weight excluding hydrogens is 186 g/mol. The van der Waals surface area contributed by atoms with Crippen molar-refractivity contribution in [3.05, 3.63) is 0 Å².